The second-order valence-electron chi connectivity index (χ2n) is 4.58. The first-order valence-corrected chi connectivity index (χ1v) is 6.04. The van der Waals surface area contributed by atoms with Gasteiger partial charge in [-0.3, -0.25) is 4.79 Å². The average Bonchev–Trinajstić information content (AvgIpc) is 2.76. The maximum atomic E-state index is 9.82. The van der Waals surface area contributed by atoms with Gasteiger partial charge in [0.15, 0.2) is 0 Å². The molecule has 0 radical (unpaired) electrons. The molecule has 0 heterocycles. The first-order valence-electron chi connectivity index (χ1n) is 6.04. The lowest BCUT2D eigenvalue weighted by molar-refractivity contribution is -0.114. The lowest BCUT2D eigenvalue weighted by Crippen LogP contribution is -2.10. The minimum Gasteiger partial charge on any atom is -0.366 e. The Labute approximate surface area is 107 Å². The molecule has 18 heavy (non-hydrogen) atoms. The molecule has 0 aliphatic heterocycles. The van der Waals surface area contributed by atoms with Gasteiger partial charge >= 0.3 is 0 Å². The molecule has 2 heteroatoms. The molecule has 0 fully saturated rings. The molecule has 92 valence electrons. The van der Waals surface area contributed by atoms with Crippen LogP contribution in [0.4, 0.5) is 0 Å². The Bertz CT molecular complexity index is 563. The Morgan fingerprint density at radius 1 is 1.11 bits per heavy atom. The van der Waals surface area contributed by atoms with E-state index in [1.54, 1.807) is 6.92 Å². The van der Waals surface area contributed by atoms with Crippen LogP contribution < -0.4 is 5.73 Å². The van der Waals surface area contributed by atoms with E-state index in [0.717, 1.165) is 0 Å². The van der Waals surface area contributed by atoms with Gasteiger partial charge < -0.3 is 5.73 Å². The van der Waals surface area contributed by atoms with Crippen LogP contribution in [-0.4, -0.2) is 5.91 Å². The smallest absolute Gasteiger partial charge is 0.243 e. The van der Waals surface area contributed by atoms with Crippen molar-refractivity contribution >= 4 is 16.7 Å². The van der Waals surface area contributed by atoms with Crippen molar-refractivity contribution in [2.45, 2.75) is 19.8 Å². The number of amides is 1. The van der Waals surface area contributed by atoms with Crippen molar-refractivity contribution in [1.82, 2.24) is 0 Å². The molecule has 1 amide bonds. The number of carbonyl (C=O) groups is 1. The van der Waals surface area contributed by atoms with Gasteiger partial charge in [-0.25, -0.2) is 0 Å². The van der Waals surface area contributed by atoms with Crippen LogP contribution >= 0.6 is 0 Å². The minimum absolute atomic E-state index is 0.398. The highest BCUT2D eigenvalue weighted by atomic mass is 16.1. The molecule has 2 aromatic carbocycles. The van der Waals surface area contributed by atoms with Gasteiger partial charge in [0.2, 0.25) is 5.91 Å². The van der Waals surface area contributed by atoms with Gasteiger partial charge in [0.25, 0.3) is 0 Å². The summed E-state index contributed by atoms with van der Waals surface area (Å²) in [5.41, 5.74) is 8.16. The van der Waals surface area contributed by atoms with Crippen molar-refractivity contribution in [2.24, 2.45) is 5.73 Å². The van der Waals surface area contributed by atoms with E-state index < -0.39 is 5.91 Å². The maximum absolute atomic E-state index is 9.82. The molecular formula is C16H17NO. The van der Waals surface area contributed by atoms with Crippen molar-refractivity contribution in [2.75, 3.05) is 0 Å². The van der Waals surface area contributed by atoms with Crippen molar-refractivity contribution < 1.29 is 4.79 Å². The second-order valence-corrected chi connectivity index (χ2v) is 4.58. The van der Waals surface area contributed by atoms with E-state index >= 15 is 0 Å². The summed E-state index contributed by atoms with van der Waals surface area (Å²) in [6.07, 6.45) is 2.47. The van der Waals surface area contributed by atoms with E-state index in [-0.39, 0.29) is 0 Å². The molecule has 0 atom stereocenters. The van der Waals surface area contributed by atoms with Crippen LogP contribution in [0.5, 0.6) is 0 Å². The Morgan fingerprint density at radius 2 is 1.56 bits per heavy atom. The zero-order valence-corrected chi connectivity index (χ0v) is 10.6. The zero-order valence-electron chi connectivity index (χ0n) is 10.6. The summed E-state index contributed by atoms with van der Waals surface area (Å²) in [6, 6.07) is 13.2. The van der Waals surface area contributed by atoms with Crippen molar-refractivity contribution in [3.05, 3.63) is 59.7 Å². The Morgan fingerprint density at radius 3 is 1.94 bits per heavy atom. The second kappa shape index (κ2) is 5.05. The maximum Gasteiger partial charge on any atom is 0.243 e. The lowest BCUT2D eigenvalue weighted by atomic mass is 10.1. The normalized spacial score (nSPS) is 11.8. The van der Waals surface area contributed by atoms with E-state index in [2.05, 4.69) is 43.0 Å². The highest BCUT2D eigenvalue weighted by Crippen LogP contribution is 2.29. The molecule has 3 rings (SSSR count). The Hall–Kier alpha value is -2.09. The van der Waals surface area contributed by atoms with E-state index in [9.17, 15) is 4.79 Å². The van der Waals surface area contributed by atoms with Gasteiger partial charge in [-0.15, -0.1) is 0 Å². The average molecular weight is 239 g/mol. The van der Waals surface area contributed by atoms with Crippen LogP contribution in [0.2, 0.25) is 0 Å². The van der Waals surface area contributed by atoms with Gasteiger partial charge in [-0.1, -0.05) is 43.0 Å². The number of rotatable bonds is 1. The number of primary amides is 1. The molecule has 2 aromatic rings. The third-order valence-electron chi connectivity index (χ3n) is 3.16. The molecule has 0 spiro atoms. The fourth-order valence-corrected chi connectivity index (χ4v) is 2.19. The Balaban J connectivity index is 0.000000174. The topological polar surface area (TPSA) is 43.1 Å². The van der Waals surface area contributed by atoms with Crippen LogP contribution in [0.15, 0.2) is 48.6 Å². The third-order valence-corrected chi connectivity index (χ3v) is 3.16. The van der Waals surface area contributed by atoms with E-state index in [0.29, 0.717) is 5.57 Å². The number of hydrogen-bond donors (Lipinski definition) is 1. The zero-order chi connectivity index (χ0) is 13.1. The predicted molar refractivity (Wildman–Crippen MR) is 75.4 cm³/mol. The number of benzene rings is 2. The number of hydrogen-bond acceptors (Lipinski definition) is 1. The summed E-state index contributed by atoms with van der Waals surface area (Å²) < 4.78 is 0. The number of nitrogens with two attached hydrogens (primary N) is 1. The fourth-order valence-electron chi connectivity index (χ4n) is 2.19. The molecule has 0 saturated carbocycles. The summed E-state index contributed by atoms with van der Waals surface area (Å²) in [5.74, 6) is -0.435. The van der Waals surface area contributed by atoms with E-state index in [4.69, 9.17) is 5.73 Å². The molecule has 0 saturated heterocycles. The molecule has 1 aliphatic carbocycles. The molecule has 0 bridgehead atoms. The fraction of sp³-hybridized carbons (Fsp3) is 0.188. The largest absolute Gasteiger partial charge is 0.366 e. The summed E-state index contributed by atoms with van der Waals surface area (Å²) >= 11 is 0. The molecule has 0 aromatic heterocycles. The summed E-state index contributed by atoms with van der Waals surface area (Å²) in [7, 11) is 0. The summed E-state index contributed by atoms with van der Waals surface area (Å²) in [6.45, 7) is 4.85. The van der Waals surface area contributed by atoms with Gasteiger partial charge in [0.05, 0.1) is 0 Å². The highest BCUT2D eigenvalue weighted by molar-refractivity contribution is 5.91. The Kier molecular flexibility index (Phi) is 3.47. The van der Waals surface area contributed by atoms with Crippen LogP contribution in [-0.2, 0) is 17.6 Å². The third kappa shape index (κ3) is 2.43. The predicted octanol–water partition coefficient (Wildman–Crippen LogP) is 2.99. The standard InChI is InChI=1S/C12H10.C4H7NO/c1-3-9-4-2-6-11-8-7-10(5-1)12(9)11;1-3(2)4(5)6/h1-6H,7-8H2;1H2,2H3,(H2,5,6). The van der Waals surface area contributed by atoms with Gasteiger partial charge in [-0.05, 0) is 41.7 Å². The first-order chi connectivity index (χ1) is 8.59. The molecular weight excluding hydrogens is 222 g/mol. The highest BCUT2D eigenvalue weighted by Gasteiger charge is 2.11. The van der Waals surface area contributed by atoms with E-state index in [1.807, 2.05) is 0 Å². The van der Waals surface area contributed by atoms with Gasteiger partial charge in [0.1, 0.15) is 0 Å². The summed E-state index contributed by atoms with van der Waals surface area (Å²) in [4.78, 5) is 9.82. The van der Waals surface area contributed by atoms with Crippen LogP contribution in [0.25, 0.3) is 10.8 Å². The number of aryl methyl sites for hydroxylation is 2. The molecule has 0 unspecified atom stereocenters. The van der Waals surface area contributed by atoms with Gasteiger partial charge in [-0.2, -0.15) is 0 Å². The SMILES string of the molecule is C=C(C)C(N)=O.c1cc2c3c(cccc3c1)CC2. The van der Waals surface area contributed by atoms with Crippen LogP contribution in [0.3, 0.4) is 0 Å². The minimum atomic E-state index is -0.435. The van der Waals surface area contributed by atoms with Crippen LogP contribution in [0.1, 0.15) is 18.1 Å². The summed E-state index contributed by atoms with van der Waals surface area (Å²) in [5, 5.41) is 2.92. The van der Waals surface area contributed by atoms with Crippen LogP contribution in [0, 0.1) is 0 Å². The van der Waals surface area contributed by atoms with Gasteiger partial charge in [0, 0.05) is 5.57 Å². The van der Waals surface area contributed by atoms with E-state index in [1.165, 1.54) is 34.7 Å². The molecule has 1 aliphatic rings. The van der Waals surface area contributed by atoms with Crippen molar-refractivity contribution in [3.63, 3.8) is 0 Å². The van der Waals surface area contributed by atoms with Crippen molar-refractivity contribution in [3.8, 4) is 0 Å². The lowest BCUT2D eigenvalue weighted by Gasteiger charge is -1.99. The first kappa shape index (κ1) is 12.4. The number of carbonyl (C=O) groups excluding carboxylic acids is 1. The monoisotopic (exact) mass is 239 g/mol. The quantitative estimate of drug-likeness (QED) is 0.764. The van der Waals surface area contributed by atoms with Crippen molar-refractivity contribution in [1.29, 1.82) is 0 Å². The molecule has 2 nitrogen and oxygen atoms in total. The molecule has 2 N–H and O–H groups in total.